The van der Waals surface area contributed by atoms with Gasteiger partial charge in [0.1, 0.15) is 0 Å². The molecule has 0 radical (unpaired) electrons. The lowest BCUT2D eigenvalue weighted by Crippen LogP contribution is -1.99. The molecule has 2 rings (SSSR count). The third-order valence-corrected chi connectivity index (χ3v) is 3.42. The fourth-order valence-corrected chi connectivity index (χ4v) is 2.23. The van der Waals surface area contributed by atoms with Crippen molar-refractivity contribution in [1.29, 1.82) is 0 Å². The SMILES string of the molecule is NCc1cc(CSc2ccc(Cl)cn2)ccn1. The van der Waals surface area contributed by atoms with Crippen LogP contribution in [0.1, 0.15) is 11.3 Å². The maximum Gasteiger partial charge on any atom is 0.0964 e. The maximum atomic E-state index is 5.77. The van der Waals surface area contributed by atoms with Gasteiger partial charge in [0.05, 0.1) is 15.7 Å². The first-order valence-corrected chi connectivity index (χ1v) is 6.52. The summed E-state index contributed by atoms with van der Waals surface area (Å²) in [6, 6.07) is 7.76. The second-order valence-corrected chi connectivity index (χ2v) is 4.89. The predicted octanol–water partition coefficient (Wildman–Crippen LogP) is 2.88. The zero-order chi connectivity index (χ0) is 12.1. The Morgan fingerprint density at radius 1 is 1.24 bits per heavy atom. The lowest BCUT2D eigenvalue weighted by molar-refractivity contribution is 0.983. The highest BCUT2D eigenvalue weighted by atomic mass is 35.5. The van der Waals surface area contributed by atoms with E-state index in [1.54, 1.807) is 24.2 Å². The van der Waals surface area contributed by atoms with Crippen molar-refractivity contribution in [1.82, 2.24) is 9.97 Å². The second-order valence-electron chi connectivity index (χ2n) is 3.46. The standard InChI is InChI=1S/C12H12ClN3S/c13-10-1-2-12(16-7-10)17-8-9-3-4-15-11(5-9)6-14/h1-5,7H,6,8,14H2. The van der Waals surface area contributed by atoms with Gasteiger partial charge in [-0.25, -0.2) is 4.98 Å². The molecule has 3 nitrogen and oxygen atoms in total. The number of nitrogens with two attached hydrogens (primary N) is 1. The van der Waals surface area contributed by atoms with E-state index in [1.165, 1.54) is 5.56 Å². The molecule has 0 fully saturated rings. The van der Waals surface area contributed by atoms with Gasteiger partial charge in [0.25, 0.3) is 0 Å². The van der Waals surface area contributed by atoms with Crippen molar-refractivity contribution in [3.63, 3.8) is 0 Å². The molecule has 2 heterocycles. The molecule has 0 bridgehead atoms. The molecule has 2 aromatic rings. The summed E-state index contributed by atoms with van der Waals surface area (Å²) in [5.41, 5.74) is 7.65. The fraction of sp³-hybridized carbons (Fsp3) is 0.167. The molecule has 0 aromatic carbocycles. The minimum Gasteiger partial charge on any atom is -0.325 e. The van der Waals surface area contributed by atoms with Crippen molar-refractivity contribution in [2.24, 2.45) is 5.73 Å². The molecule has 2 N–H and O–H groups in total. The molecule has 0 saturated heterocycles. The Kier molecular flexibility index (Phi) is 4.36. The van der Waals surface area contributed by atoms with Crippen molar-refractivity contribution in [3.05, 3.63) is 52.9 Å². The average Bonchev–Trinajstić information content (AvgIpc) is 2.38. The van der Waals surface area contributed by atoms with Crippen LogP contribution in [0.3, 0.4) is 0 Å². The Bertz CT molecular complexity index is 487. The highest BCUT2D eigenvalue weighted by Gasteiger charge is 1.99. The molecule has 0 saturated carbocycles. The van der Waals surface area contributed by atoms with Crippen LogP contribution in [-0.2, 0) is 12.3 Å². The molecule has 0 atom stereocenters. The lowest BCUT2D eigenvalue weighted by Gasteiger charge is -2.03. The van der Waals surface area contributed by atoms with Crippen LogP contribution in [0, 0.1) is 0 Å². The van der Waals surface area contributed by atoms with Crippen LogP contribution in [0.2, 0.25) is 5.02 Å². The molecular formula is C12H12ClN3S. The zero-order valence-corrected chi connectivity index (χ0v) is 10.7. The summed E-state index contributed by atoms with van der Waals surface area (Å²) < 4.78 is 0. The van der Waals surface area contributed by atoms with E-state index in [2.05, 4.69) is 9.97 Å². The summed E-state index contributed by atoms with van der Waals surface area (Å²) >= 11 is 7.44. The number of thioether (sulfide) groups is 1. The molecule has 0 aliphatic heterocycles. The predicted molar refractivity (Wildman–Crippen MR) is 70.9 cm³/mol. The summed E-state index contributed by atoms with van der Waals surface area (Å²) in [5, 5.41) is 1.61. The minimum absolute atomic E-state index is 0.470. The Balaban J connectivity index is 1.99. The monoisotopic (exact) mass is 265 g/mol. The van der Waals surface area contributed by atoms with Gasteiger partial charge in [-0.05, 0) is 29.8 Å². The van der Waals surface area contributed by atoms with Gasteiger partial charge in [-0.2, -0.15) is 0 Å². The molecule has 0 unspecified atom stereocenters. The topological polar surface area (TPSA) is 51.8 Å². The Labute approximate surface area is 109 Å². The van der Waals surface area contributed by atoms with E-state index < -0.39 is 0 Å². The first-order valence-electron chi connectivity index (χ1n) is 5.16. The van der Waals surface area contributed by atoms with E-state index in [0.717, 1.165) is 16.5 Å². The second kappa shape index (κ2) is 6.00. The third-order valence-electron chi connectivity index (χ3n) is 2.18. The molecular weight excluding hydrogens is 254 g/mol. The van der Waals surface area contributed by atoms with Crippen LogP contribution in [0.25, 0.3) is 0 Å². The number of nitrogens with zero attached hydrogens (tertiary/aromatic N) is 2. The quantitative estimate of drug-likeness (QED) is 0.864. The van der Waals surface area contributed by atoms with Crippen molar-refractivity contribution in [2.75, 3.05) is 0 Å². The van der Waals surface area contributed by atoms with Crippen LogP contribution in [0.15, 0.2) is 41.7 Å². The van der Waals surface area contributed by atoms with Gasteiger partial charge in [-0.3, -0.25) is 4.98 Å². The number of pyridine rings is 2. The summed E-state index contributed by atoms with van der Waals surface area (Å²) in [7, 11) is 0. The molecule has 17 heavy (non-hydrogen) atoms. The third kappa shape index (κ3) is 3.70. The van der Waals surface area contributed by atoms with Crippen molar-refractivity contribution in [2.45, 2.75) is 17.3 Å². The van der Waals surface area contributed by atoms with Crippen LogP contribution >= 0.6 is 23.4 Å². The summed E-state index contributed by atoms with van der Waals surface area (Å²) in [4.78, 5) is 8.38. The molecule has 0 aliphatic rings. The number of halogens is 1. The molecule has 88 valence electrons. The van der Waals surface area contributed by atoms with Gasteiger partial charge in [-0.15, -0.1) is 11.8 Å². The van der Waals surface area contributed by atoms with E-state index >= 15 is 0 Å². The summed E-state index contributed by atoms with van der Waals surface area (Å²) in [5.74, 6) is 0.851. The van der Waals surface area contributed by atoms with Crippen molar-refractivity contribution < 1.29 is 0 Å². The number of hydrogen-bond acceptors (Lipinski definition) is 4. The number of hydrogen-bond donors (Lipinski definition) is 1. The van der Waals surface area contributed by atoms with E-state index in [4.69, 9.17) is 17.3 Å². The van der Waals surface area contributed by atoms with Gasteiger partial charge < -0.3 is 5.73 Å². The molecule has 0 aliphatic carbocycles. The smallest absolute Gasteiger partial charge is 0.0964 e. The van der Waals surface area contributed by atoms with Crippen LogP contribution < -0.4 is 5.73 Å². The first-order chi connectivity index (χ1) is 8.28. The average molecular weight is 266 g/mol. The summed E-state index contributed by atoms with van der Waals surface area (Å²) in [6.07, 6.45) is 3.44. The number of aromatic nitrogens is 2. The first kappa shape index (κ1) is 12.4. The van der Waals surface area contributed by atoms with E-state index in [9.17, 15) is 0 Å². The largest absolute Gasteiger partial charge is 0.325 e. The summed E-state index contributed by atoms with van der Waals surface area (Å²) in [6.45, 7) is 0.470. The Morgan fingerprint density at radius 2 is 2.12 bits per heavy atom. The van der Waals surface area contributed by atoms with Gasteiger partial charge in [0.2, 0.25) is 0 Å². The Hall–Kier alpha value is -1.10. The fourth-order valence-electron chi connectivity index (χ4n) is 1.33. The van der Waals surface area contributed by atoms with Gasteiger partial charge in [0.15, 0.2) is 0 Å². The van der Waals surface area contributed by atoms with E-state index in [0.29, 0.717) is 11.6 Å². The highest BCUT2D eigenvalue weighted by molar-refractivity contribution is 7.98. The van der Waals surface area contributed by atoms with Crippen LogP contribution in [0.4, 0.5) is 0 Å². The molecule has 0 spiro atoms. The minimum atomic E-state index is 0.470. The van der Waals surface area contributed by atoms with E-state index in [1.807, 2.05) is 24.3 Å². The number of rotatable bonds is 4. The normalized spacial score (nSPS) is 10.5. The highest BCUT2D eigenvalue weighted by Crippen LogP contribution is 2.21. The van der Waals surface area contributed by atoms with Crippen LogP contribution in [-0.4, -0.2) is 9.97 Å². The van der Waals surface area contributed by atoms with Gasteiger partial charge in [0, 0.05) is 24.7 Å². The molecule has 0 amide bonds. The Morgan fingerprint density at radius 3 is 2.82 bits per heavy atom. The molecule has 2 aromatic heterocycles. The zero-order valence-electron chi connectivity index (χ0n) is 9.14. The van der Waals surface area contributed by atoms with Gasteiger partial charge >= 0.3 is 0 Å². The lowest BCUT2D eigenvalue weighted by atomic mass is 10.2. The van der Waals surface area contributed by atoms with Crippen molar-refractivity contribution >= 4 is 23.4 Å². The molecule has 5 heteroatoms. The van der Waals surface area contributed by atoms with Gasteiger partial charge in [-0.1, -0.05) is 11.6 Å². The van der Waals surface area contributed by atoms with Crippen LogP contribution in [0.5, 0.6) is 0 Å². The maximum absolute atomic E-state index is 5.77. The van der Waals surface area contributed by atoms with Crippen molar-refractivity contribution in [3.8, 4) is 0 Å². The van der Waals surface area contributed by atoms with E-state index in [-0.39, 0.29) is 0 Å².